The summed E-state index contributed by atoms with van der Waals surface area (Å²) in [5, 5.41) is 0. The van der Waals surface area contributed by atoms with E-state index in [2.05, 4.69) is 27.9 Å². The van der Waals surface area contributed by atoms with Gasteiger partial charge in [0.1, 0.15) is 16.7 Å². The van der Waals surface area contributed by atoms with Crippen LogP contribution in [0.3, 0.4) is 0 Å². The molecule has 170 valence electrons. The number of benzene rings is 2. The summed E-state index contributed by atoms with van der Waals surface area (Å²) in [6, 6.07) is 13.1. The third kappa shape index (κ3) is 7.04. The Balaban J connectivity index is 0.00000176. The molecule has 0 heterocycles. The number of amidine groups is 1. The number of allylic oxidation sites excluding steroid dienone is 3. The number of ether oxygens (including phenoxy) is 1. The van der Waals surface area contributed by atoms with Crippen LogP contribution in [-0.4, -0.2) is 16.3 Å². The smallest absolute Gasteiger partial charge is 0.292 e. The number of hydrogen-bond donors (Lipinski definition) is 2. The summed E-state index contributed by atoms with van der Waals surface area (Å²) in [6.07, 6.45) is 10.9. The molecular formula is C26H33N3O2S. The zero-order valence-corrected chi connectivity index (χ0v) is 20.3. The monoisotopic (exact) mass is 451 g/mol. The topological polar surface area (TPSA) is 76.7 Å². The van der Waals surface area contributed by atoms with Crippen LogP contribution in [0.5, 0.6) is 5.75 Å². The Kier molecular flexibility index (Phi) is 10.1. The van der Waals surface area contributed by atoms with Gasteiger partial charge in [-0.05, 0) is 56.5 Å². The lowest BCUT2D eigenvalue weighted by molar-refractivity contribution is 0.539. The number of nitrogens with two attached hydrogens (primary N) is 1. The van der Waals surface area contributed by atoms with Crippen LogP contribution in [0.4, 0.5) is 0 Å². The molecule has 32 heavy (non-hydrogen) atoms. The standard InChI is InChI=1S/C24H27N3O2S.C2H6/c1-4-22(26-24(25)29-20-15-13-17(2)14-16-20)18(3)27-30(28)23-12-8-10-19-9-6-5-7-11-21(19)23;1-2/h4,6-16,18,27H,5H2,1-3H3,(H2,25,26);1-2H3/b22-4-;. The van der Waals surface area contributed by atoms with E-state index in [1.165, 1.54) is 0 Å². The second-order valence-electron chi connectivity index (χ2n) is 6.99. The third-order valence-electron chi connectivity index (χ3n) is 4.66. The molecule has 2 aromatic rings. The minimum atomic E-state index is -1.42. The number of nitrogens with one attached hydrogen (secondary N) is 1. The van der Waals surface area contributed by atoms with Gasteiger partial charge in [0.15, 0.2) is 0 Å². The van der Waals surface area contributed by atoms with Crippen molar-refractivity contribution in [2.24, 2.45) is 10.7 Å². The van der Waals surface area contributed by atoms with Crippen molar-refractivity contribution in [2.45, 2.75) is 52.0 Å². The van der Waals surface area contributed by atoms with Gasteiger partial charge >= 0.3 is 0 Å². The average molecular weight is 452 g/mol. The van der Waals surface area contributed by atoms with Gasteiger partial charge in [-0.15, -0.1) is 0 Å². The fourth-order valence-electron chi connectivity index (χ4n) is 3.08. The highest BCUT2D eigenvalue weighted by Crippen LogP contribution is 2.24. The van der Waals surface area contributed by atoms with Gasteiger partial charge in [-0.25, -0.2) is 13.9 Å². The zero-order chi connectivity index (χ0) is 23.5. The van der Waals surface area contributed by atoms with Crippen molar-refractivity contribution in [3.63, 3.8) is 0 Å². The van der Waals surface area contributed by atoms with Gasteiger partial charge in [-0.1, -0.05) is 74.1 Å². The molecule has 0 aliphatic heterocycles. The quantitative estimate of drug-likeness (QED) is 0.434. The number of rotatable bonds is 6. The van der Waals surface area contributed by atoms with Crippen LogP contribution in [0.1, 0.15) is 50.8 Å². The Morgan fingerprint density at radius 2 is 1.84 bits per heavy atom. The zero-order valence-electron chi connectivity index (χ0n) is 19.5. The van der Waals surface area contributed by atoms with Crippen molar-refractivity contribution in [1.29, 1.82) is 0 Å². The van der Waals surface area contributed by atoms with Crippen molar-refractivity contribution >= 4 is 29.2 Å². The van der Waals surface area contributed by atoms with E-state index in [-0.39, 0.29) is 12.1 Å². The predicted octanol–water partition coefficient (Wildman–Crippen LogP) is 5.75. The van der Waals surface area contributed by atoms with E-state index in [4.69, 9.17) is 10.5 Å². The summed E-state index contributed by atoms with van der Waals surface area (Å²) in [7, 11) is -1.42. The Hall–Kier alpha value is -2.96. The molecule has 1 aliphatic rings. The van der Waals surface area contributed by atoms with E-state index in [1.54, 1.807) is 0 Å². The van der Waals surface area contributed by atoms with Crippen LogP contribution in [-0.2, 0) is 11.0 Å². The minimum absolute atomic E-state index is 0.0352. The Morgan fingerprint density at radius 3 is 2.53 bits per heavy atom. The van der Waals surface area contributed by atoms with Crippen molar-refractivity contribution in [3.05, 3.63) is 83.1 Å². The summed E-state index contributed by atoms with van der Waals surface area (Å²) in [4.78, 5) is 5.11. The van der Waals surface area contributed by atoms with Gasteiger partial charge in [-0.2, -0.15) is 0 Å². The van der Waals surface area contributed by atoms with Gasteiger partial charge in [0, 0.05) is 0 Å². The van der Waals surface area contributed by atoms with Crippen LogP contribution in [0.25, 0.3) is 12.2 Å². The largest absolute Gasteiger partial charge is 0.426 e. The first kappa shape index (κ1) is 25.3. The van der Waals surface area contributed by atoms with Crippen molar-refractivity contribution in [3.8, 4) is 5.75 Å². The summed E-state index contributed by atoms with van der Waals surface area (Å²) in [5.41, 5.74) is 9.78. The van der Waals surface area contributed by atoms with E-state index in [1.807, 2.05) is 89.2 Å². The highest BCUT2D eigenvalue weighted by molar-refractivity contribution is 7.83. The molecule has 2 aromatic carbocycles. The average Bonchev–Trinajstić information content (AvgIpc) is 3.05. The van der Waals surface area contributed by atoms with E-state index >= 15 is 0 Å². The second-order valence-corrected chi connectivity index (χ2v) is 8.20. The molecule has 3 N–H and O–H groups in total. The minimum Gasteiger partial charge on any atom is -0.426 e. The summed E-state index contributed by atoms with van der Waals surface area (Å²) in [5.74, 6) is 0.619. The molecule has 5 nitrogen and oxygen atoms in total. The maximum absolute atomic E-state index is 13.1. The van der Waals surface area contributed by atoms with E-state index in [9.17, 15) is 4.21 Å². The van der Waals surface area contributed by atoms with Crippen LogP contribution >= 0.6 is 0 Å². The van der Waals surface area contributed by atoms with Crippen LogP contribution in [0, 0.1) is 6.92 Å². The number of nitrogens with zero attached hydrogens (tertiary/aromatic N) is 1. The number of aliphatic imine (C=N–C) groups is 1. The first-order valence-corrected chi connectivity index (χ1v) is 12.0. The number of hydrogen-bond acceptors (Lipinski definition) is 3. The van der Waals surface area contributed by atoms with Gasteiger partial charge in [-0.3, -0.25) is 0 Å². The molecule has 0 spiro atoms. The molecule has 1 aliphatic carbocycles. The van der Waals surface area contributed by atoms with E-state index in [0.29, 0.717) is 11.4 Å². The van der Waals surface area contributed by atoms with Crippen LogP contribution < -0.4 is 15.2 Å². The van der Waals surface area contributed by atoms with E-state index < -0.39 is 11.0 Å². The van der Waals surface area contributed by atoms with Gasteiger partial charge in [0.2, 0.25) is 0 Å². The highest BCUT2D eigenvalue weighted by Gasteiger charge is 2.16. The highest BCUT2D eigenvalue weighted by atomic mass is 32.2. The lowest BCUT2D eigenvalue weighted by atomic mass is 10.1. The first-order valence-electron chi connectivity index (χ1n) is 10.9. The molecule has 2 atom stereocenters. The molecule has 2 unspecified atom stereocenters. The van der Waals surface area contributed by atoms with Crippen molar-refractivity contribution in [1.82, 2.24) is 4.72 Å². The maximum Gasteiger partial charge on any atom is 0.292 e. The molecular weight excluding hydrogens is 418 g/mol. The SMILES string of the molecule is C/C=C(\N=C(N)Oc1ccc(C)cc1)C(C)NS(=O)c1cccc2c1C=CCC=C2.CC. The molecule has 0 amide bonds. The molecule has 3 rings (SSSR count). The van der Waals surface area contributed by atoms with Crippen molar-refractivity contribution in [2.75, 3.05) is 0 Å². The fraction of sp³-hybridized carbons (Fsp3) is 0.269. The normalized spacial score (nSPS) is 15.2. The van der Waals surface area contributed by atoms with Gasteiger partial charge < -0.3 is 10.5 Å². The second kappa shape index (κ2) is 12.8. The fourth-order valence-corrected chi connectivity index (χ4v) is 4.24. The number of aryl methyl sites for hydroxylation is 1. The maximum atomic E-state index is 13.1. The molecule has 0 radical (unpaired) electrons. The lowest BCUT2D eigenvalue weighted by Crippen LogP contribution is -2.31. The molecule has 0 aromatic heterocycles. The first-order chi connectivity index (χ1) is 15.5. The predicted molar refractivity (Wildman–Crippen MR) is 137 cm³/mol. The van der Waals surface area contributed by atoms with Crippen LogP contribution in [0.15, 0.2) is 76.3 Å². The van der Waals surface area contributed by atoms with Gasteiger partial charge in [0.05, 0.1) is 16.6 Å². The van der Waals surface area contributed by atoms with E-state index in [0.717, 1.165) is 28.0 Å². The Labute approximate surface area is 194 Å². The molecule has 0 fully saturated rings. The van der Waals surface area contributed by atoms with Crippen LogP contribution in [0.2, 0.25) is 0 Å². The number of fused-ring (bicyclic) bond motifs is 1. The van der Waals surface area contributed by atoms with Crippen molar-refractivity contribution < 1.29 is 8.95 Å². The third-order valence-corrected chi connectivity index (χ3v) is 5.98. The Bertz CT molecular complexity index is 1040. The summed E-state index contributed by atoms with van der Waals surface area (Å²) >= 11 is 0. The molecule has 0 bridgehead atoms. The molecule has 0 saturated carbocycles. The summed E-state index contributed by atoms with van der Waals surface area (Å²) < 4.78 is 21.8. The molecule has 6 heteroatoms. The lowest BCUT2D eigenvalue weighted by Gasteiger charge is -2.16. The molecule has 0 saturated heterocycles. The van der Waals surface area contributed by atoms with Gasteiger partial charge in [0.25, 0.3) is 6.02 Å². The summed E-state index contributed by atoms with van der Waals surface area (Å²) in [6.45, 7) is 9.76. The Morgan fingerprint density at radius 1 is 1.16 bits per heavy atom.